The van der Waals surface area contributed by atoms with E-state index >= 15 is 0 Å². The molecule has 1 aromatic carbocycles. The largest absolute Gasteiger partial charge is 0.339 e. The molecule has 0 aliphatic heterocycles. The maximum Gasteiger partial charge on any atom is 0.227 e. The predicted octanol–water partition coefficient (Wildman–Crippen LogP) is 4.44. The van der Waals surface area contributed by atoms with Gasteiger partial charge in [0.15, 0.2) is 0 Å². The highest BCUT2D eigenvalue weighted by molar-refractivity contribution is 9.09. The molecule has 0 N–H and O–H groups in total. The Morgan fingerprint density at radius 3 is 2.70 bits per heavy atom. The van der Waals surface area contributed by atoms with Crippen molar-refractivity contribution in [3.63, 3.8) is 0 Å². The fourth-order valence-electron chi connectivity index (χ4n) is 2.92. The summed E-state index contributed by atoms with van der Waals surface area (Å²) in [7, 11) is 0. The lowest BCUT2D eigenvalue weighted by Crippen LogP contribution is -2.43. The van der Waals surface area contributed by atoms with E-state index in [1.54, 1.807) is 0 Å². The lowest BCUT2D eigenvalue weighted by atomic mass is 9.94. The molecule has 2 nitrogen and oxygen atoms in total. The highest BCUT2D eigenvalue weighted by atomic mass is 79.9. The van der Waals surface area contributed by atoms with Crippen LogP contribution >= 0.6 is 27.5 Å². The van der Waals surface area contributed by atoms with Crippen molar-refractivity contribution in [3.05, 3.63) is 34.9 Å². The third-order valence-electron chi connectivity index (χ3n) is 3.91. The lowest BCUT2D eigenvalue weighted by molar-refractivity contribution is -0.133. The minimum atomic E-state index is 0.221. The van der Waals surface area contributed by atoms with Gasteiger partial charge in [-0.1, -0.05) is 58.9 Å². The Hall–Kier alpha value is -0.540. The van der Waals surface area contributed by atoms with Crippen molar-refractivity contribution in [2.45, 2.75) is 44.6 Å². The molecule has 1 aliphatic rings. The molecule has 0 atom stereocenters. The number of carbonyl (C=O) groups is 1. The fraction of sp³-hybridized carbons (Fsp3) is 0.562. The van der Waals surface area contributed by atoms with E-state index < -0.39 is 0 Å². The summed E-state index contributed by atoms with van der Waals surface area (Å²) in [4.78, 5) is 14.6. The summed E-state index contributed by atoms with van der Waals surface area (Å²) in [6.07, 6.45) is 6.54. The molecule has 0 spiro atoms. The minimum Gasteiger partial charge on any atom is -0.339 e. The Morgan fingerprint density at radius 2 is 2.05 bits per heavy atom. The summed E-state index contributed by atoms with van der Waals surface area (Å²) in [6, 6.07) is 8.02. The van der Waals surface area contributed by atoms with Crippen LogP contribution in [0.4, 0.5) is 0 Å². The standard InChI is InChI=1S/C16H21BrClNO/c17-9-10-19(15-7-2-1-3-8-15)16(20)12-13-5-4-6-14(18)11-13/h4-6,11,15H,1-3,7-10,12H2. The maximum absolute atomic E-state index is 12.6. The van der Waals surface area contributed by atoms with Gasteiger partial charge in [-0.3, -0.25) is 4.79 Å². The van der Waals surface area contributed by atoms with Gasteiger partial charge in [0.25, 0.3) is 0 Å². The summed E-state index contributed by atoms with van der Waals surface area (Å²) >= 11 is 9.45. The van der Waals surface area contributed by atoms with Crippen LogP contribution < -0.4 is 0 Å². The Labute approximate surface area is 134 Å². The highest BCUT2D eigenvalue weighted by Gasteiger charge is 2.24. The molecule has 1 amide bonds. The van der Waals surface area contributed by atoms with Gasteiger partial charge in [0, 0.05) is 22.9 Å². The van der Waals surface area contributed by atoms with E-state index in [4.69, 9.17) is 11.6 Å². The summed E-state index contributed by atoms with van der Waals surface area (Å²) in [6.45, 7) is 0.796. The van der Waals surface area contributed by atoms with Gasteiger partial charge in [0.2, 0.25) is 5.91 Å². The normalized spacial score (nSPS) is 16.1. The van der Waals surface area contributed by atoms with Crippen molar-refractivity contribution in [2.24, 2.45) is 0 Å². The number of benzene rings is 1. The predicted molar refractivity (Wildman–Crippen MR) is 87.5 cm³/mol. The van der Waals surface area contributed by atoms with E-state index in [2.05, 4.69) is 20.8 Å². The number of rotatable bonds is 5. The number of halogens is 2. The Morgan fingerprint density at radius 1 is 1.30 bits per heavy atom. The zero-order valence-corrected chi connectivity index (χ0v) is 14.0. The van der Waals surface area contributed by atoms with Crippen LogP contribution in [0, 0.1) is 0 Å². The second-order valence-electron chi connectivity index (χ2n) is 5.37. The zero-order chi connectivity index (χ0) is 14.4. The van der Waals surface area contributed by atoms with Gasteiger partial charge in [0.05, 0.1) is 6.42 Å². The first-order chi connectivity index (χ1) is 9.70. The number of carbonyl (C=O) groups excluding carboxylic acids is 1. The van der Waals surface area contributed by atoms with Crippen molar-refractivity contribution in [1.29, 1.82) is 0 Å². The molecule has 1 aromatic rings. The summed E-state index contributed by atoms with van der Waals surface area (Å²) in [5, 5.41) is 1.53. The van der Waals surface area contributed by atoms with Crippen LogP contribution in [0.3, 0.4) is 0 Å². The summed E-state index contributed by atoms with van der Waals surface area (Å²) < 4.78 is 0. The number of nitrogens with zero attached hydrogens (tertiary/aromatic N) is 1. The first-order valence-corrected chi connectivity index (χ1v) is 8.80. The average molecular weight is 359 g/mol. The van der Waals surface area contributed by atoms with Gasteiger partial charge in [0.1, 0.15) is 0 Å². The quantitative estimate of drug-likeness (QED) is 0.713. The molecule has 20 heavy (non-hydrogen) atoms. The molecule has 1 fully saturated rings. The van der Waals surface area contributed by atoms with Gasteiger partial charge in [-0.15, -0.1) is 0 Å². The van der Waals surface area contributed by atoms with Crippen LogP contribution in [0.2, 0.25) is 5.02 Å². The number of hydrogen-bond donors (Lipinski definition) is 0. The monoisotopic (exact) mass is 357 g/mol. The molecule has 110 valence electrons. The first-order valence-electron chi connectivity index (χ1n) is 7.30. The van der Waals surface area contributed by atoms with E-state index in [0.717, 1.165) is 30.3 Å². The molecule has 0 saturated heterocycles. The molecule has 0 bridgehead atoms. The van der Waals surface area contributed by atoms with Gasteiger partial charge in [-0.25, -0.2) is 0 Å². The topological polar surface area (TPSA) is 20.3 Å². The number of amides is 1. The second-order valence-corrected chi connectivity index (χ2v) is 6.60. The third kappa shape index (κ3) is 4.49. The molecule has 1 aliphatic carbocycles. The third-order valence-corrected chi connectivity index (χ3v) is 4.50. The van der Waals surface area contributed by atoms with Crippen LogP contribution in [0.1, 0.15) is 37.7 Å². The van der Waals surface area contributed by atoms with Gasteiger partial charge >= 0.3 is 0 Å². The van der Waals surface area contributed by atoms with Crippen LogP contribution in [0.5, 0.6) is 0 Å². The van der Waals surface area contributed by atoms with Crippen LogP contribution in [0.25, 0.3) is 0 Å². The highest BCUT2D eigenvalue weighted by Crippen LogP contribution is 2.23. The zero-order valence-electron chi connectivity index (χ0n) is 11.7. The van der Waals surface area contributed by atoms with Crippen LogP contribution in [-0.4, -0.2) is 28.7 Å². The molecule has 2 rings (SSSR count). The smallest absolute Gasteiger partial charge is 0.227 e. The van der Waals surface area contributed by atoms with Crippen molar-refractivity contribution < 1.29 is 4.79 Å². The van der Waals surface area contributed by atoms with E-state index in [9.17, 15) is 4.79 Å². The molecule has 0 radical (unpaired) electrons. The van der Waals surface area contributed by atoms with E-state index in [1.807, 2.05) is 24.3 Å². The van der Waals surface area contributed by atoms with E-state index in [0.29, 0.717) is 17.5 Å². The van der Waals surface area contributed by atoms with Crippen molar-refractivity contribution >= 4 is 33.4 Å². The molecule has 1 saturated carbocycles. The van der Waals surface area contributed by atoms with Crippen molar-refractivity contribution in [1.82, 2.24) is 4.90 Å². The molecule has 4 heteroatoms. The van der Waals surface area contributed by atoms with Gasteiger partial charge < -0.3 is 4.90 Å². The van der Waals surface area contributed by atoms with Crippen LogP contribution in [-0.2, 0) is 11.2 Å². The van der Waals surface area contributed by atoms with Gasteiger partial charge in [-0.2, -0.15) is 0 Å². The van der Waals surface area contributed by atoms with Crippen molar-refractivity contribution in [3.8, 4) is 0 Å². The Balaban J connectivity index is 2.02. The summed E-state index contributed by atoms with van der Waals surface area (Å²) in [5.41, 5.74) is 0.998. The minimum absolute atomic E-state index is 0.221. The summed E-state index contributed by atoms with van der Waals surface area (Å²) in [5.74, 6) is 0.221. The molecule has 0 unspecified atom stereocenters. The molecular weight excluding hydrogens is 338 g/mol. The Bertz CT molecular complexity index is 446. The first kappa shape index (κ1) is 15.8. The second kappa shape index (κ2) is 8.04. The molecule has 0 aromatic heterocycles. The van der Waals surface area contributed by atoms with Crippen molar-refractivity contribution in [2.75, 3.05) is 11.9 Å². The molecular formula is C16H21BrClNO. The maximum atomic E-state index is 12.6. The average Bonchev–Trinajstić information content (AvgIpc) is 2.45. The number of hydrogen-bond acceptors (Lipinski definition) is 1. The van der Waals surface area contributed by atoms with Gasteiger partial charge in [-0.05, 0) is 30.5 Å². The lowest BCUT2D eigenvalue weighted by Gasteiger charge is -2.34. The SMILES string of the molecule is O=C(Cc1cccc(Cl)c1)N(CCBr)C1CCCCC1. The molecule has 0 heterocycles. The fourth-order valence-corrected chi connectivity index (χ4v) is 3.51. The van der Waals surface area contributed by atoms with E-state index in [1.165, 1.54) is 19.3 Å². The number of alkyl halides is 1. The van der Waals surface area contributed by atoms with Crippen LogP contribution in [0.15, 0.2) is 24.3 Å². The Kier molecular flexibility index (Phi) is 6.37. The van der Waals surface area contributed by atoms with E-state index in [-0.39, 0.29) is 5.91 Å².